The Morgan fingerprint density at radius 1 is 1.04 bits per heavy atom. The SMILES string of the molecule is CCc1ccccc1OCNC(=O)NCCc1c[nH]c2ccccc12. The Labute approximate surface area is 147 Å². The highest BCUT2D eigenvalue weighted by atomic mass is 16.5. The summed E-state index contributed by atoms with van der Waals surface area (Å²) in [6.07, 6.45) is 3.67. The predicted molar refractivity (Wildman–Crippen MR) is 99.9 cm³/mol. The van der Waals surface area contributed by atoms with Crippen molar-refractivity contribution in [3.05, 3.63) is 65.9 Å². The molecule has 0 spiro atoms. The number of fused-ring (bicyclic) bond motifs is 1. The lowest BCUT2D eigenvalue weighted by Crippen LogP contribution is -2.38. The summed E-state index contributed by atoms with van der Waals surface area (Å²) >= 11 is 0. The van der Waals surface area contributed by atoms with Gasteiger partial charge in [-0.2, -0.15) is 0 Å². The highest BCUT2D eigenvalue weighted by Crippen LogP contribution is 2.18. The molecule has 0 radical (unpaired) electrons. The van der Waals surface area contributed by atoms with Gasteiger partial charge in [-0.1, -0.05) is 43.3 Å². The number of urea groups is 1. The summed E-state index contributed by atoms with van der Waals surface area (Å²) in [4.78, 5) is 15.1. The number of benzene rings is 2. The number of aromatic amines is 1. The Morgan fingerprint density at radius 2 is 1.84 bits per heavy atom. The first-order chi connectivity index (χ1) is 12.3. The van der Waals surface area contributed by atoms with Crippen molar-refractivity contribution in [3.63, 3.8) is 0 Å². The van der Waals surface area contributed by atoms with E-state index in [1.807, 2.05) is 48.7 Å². The van der Waals surface area contributed by atoms with E-state index in [1.54, 1.807) is 0 Å². The molecule has 0 bridgehead atoms. The normalized spacial score (nSPS) is 10.6. The summed E-state index contributed by atoms with van der Waals surface area (Å²) in [6, 6.07) is 15.8. The second-order valence-electron chi connectivity index (χ2n) is 5.79. The molecule has 3 N–H and O–H groups in total. The Hall–Kier alpha value is -2.95. The molecule has 1 aromatic heterocycles. The molecule has 0 fully saturated rings. The number of amides is 2. The van der Waals surface area contributed by atoms with Crippen LogP contribution in [0.5, 0.6) is 5.75 Å². The molecule has 5 heteroatoms. The first-order valence-corrected chi connectivity index (χ1v) is 8.55. The van der Waals surface area contributed by atoms with Crippen LogP contribution in [0.2, 0.25) is 0 Å². The minimum atomic E-state index is -0.228. The third-order valence-corrected chi connectivity index (χ3v) is 4.17. The summed E-state index contributed by atoms with van der Waals surface area (Å²) in [5, 5.41) is 6.77. The van der Waals surface area contributed by atoms with E-state index in [1.165, 1.54) is 10.9 Å². The molecule has 2 amide bonds. The van der Waals surface area contributed by atoms with E-state index < -0.39 is 0 Å². The van der Waals surface area contributed by atoms with Gasteiger partial charge >= 0.3 is 6.03 Å². The van der Waals surface area contributed by atoms with Crippen molar-refractivity contribution in [2.75, 3.05) is 13.3 Å². The van der Waals surface area contributed by atoms with E-state index >= 15 is 0 Å². The Bertz CT molecular complexity index is 842. The van der Waals surface area contributed by atoms with E-state index in [9.17, 15) is 4.79 Å². The number of hydrogen-bond donors (Lipinski definition) is 3. The molecule has 3 aromatic rings. The molecule has 5 nitrogen and oxygen atoms in total. The van der Waals surface area contributed by atoms with Crippen molar-refractivity contribution in [1.29, 1.82) is 0 Å². The van der Waals surface area contributed by atoms with Crippen molar-refractivity contribution in [2.45, 2.75) is 19.8 Å². The monoisotopic (exact) mass is 337 g/mol. The van der Waals surface area contributed by atoms with Crippen molar-refractivity contribution < 1.29 is 9.53 Å². The number of aryl methyl sites for hydroxylation is 1. The van der Waals surface area contributed by atoms with Crippen LogP contribution in [0, 0.1) is 0 Å². The zero-order valence-electron chi connectivity index (χ0n) is 14.3. The minimum Gasteiger partial charge on any atom is -0.473 e. The van der Waals surface area contributed by atoms with Crippen LogP contribution in [0.3, 0.4) is 0 Å². The van der Waals surface area contributed by atoms with Crippen LogP contribution < -0.4 is 15.4 Å². The van der Waals surface area contributed by atoms with Crippen LogP contribution in [0.25, 0.3) is 10.9 Å². The molecule has 0 aliphatic heterocycles. The average molecular weight is 337 g/mol. The highest BCUT2D eigenvalue weighted by Gasteiger charge is 2.05. The summed E-state index contributed by atoms with van der Waals surface area (Å²) in [5.41, 5.74) is 3.44. The molecule has 1 heterocycles. The van der Waals surface area contributed by atoms with Gasteiger partial charge < -0.3 is 20.4 Å². The number of carbonyl (C=O) groups is 1. The summed E-state index contributed by atoms with van der Waals surface area (Å²) in [7, 11) is 0. The van der Waals surface area contributed by atoms with Gasteiger partial charge in [0.2, 0.25) is 0 Å². The molecule has 3 rings (SSSR count). The van der Waals surface area contributed by atoms with Crippen LogP contribution in [-0.2, 0) is 12.8 Å². The standard InChI is InChI=1S/C20H23N3O2/c1-2-15-7-3-6-10-19(15)25-14-23-20(24)21-12-11-16-13-22-18-9-5-4-8-17(16)18/h3-10,13,22H,2,11-12,14H2,1H3,(H2,21,23,24). The van der Waals surface area contributed by atoms with E-state index in [0.717, 1.165) is 29.7 Å². The zero-order valence-corrected chi connectivity index (χ0v) is 14.3. The Balaban J connectivity index is 1.41. The summed E-state index contributed by atoms with van der Waals surface area (Å²) < 4.78 is 5.63. The number of nitrogens with one attached hydrogen (secondary N) is 3. The lowest BCUT2D eigenvalue weighted by Gasteiger charge is -2.11. The second-order valence-corrected chi connectivity index (χ2v) is 5.79. The molecule has 130 valence electrons. The first-order valence-electron chi connectivity index (χ1n) is 8.55. The lowest BCUT2D eigenvalue weighted by molar-refractivity contribution is 0.223. The fourth-order valence-electron chi connectivity index (χ4n) is 2.83. The van der Waals surface area contributed by atoms with Crippen LogP contribution in [0.1, 0.15) is 18.1 Å². The molecule has 0 saturated carbocycles. The van der Waals surface area contributed by atoms with E-state index in [4.69, 9.17) is 4.74 Å². The number of para-hydroxylation sites is 2. The van der Waals surface area contributed by atoms with Crippen molar-refractivity contribution in [1.82, 2.24) is 15.6 Å². The number of ether oxygens (including phenoxy) is 1. The number of hydrogen-bond acceptors (Lipinski definition) is 2. The number of aromatic nitrogens is 1. The van der Waals surface area contributed by atoms with Gasteiger partial charge in [-0.3, -0.25) is 0 Å². The van der Waals surface area contributed by atoms with Crippen LogP contribution in [0.15, 0.2) is 54.7 Å². The quantitative estimate of drug-likeness (QED) is 0.577. The molecular weight excluding hydrogens is 314 g/mol. The number of carbonyl (C=O) groups excluding carboxylic acids is 1. The molecule has 25 heavy (non-hydrogen) atoms. The van der Waals surface area contributed by atoms with Gasteiger partial charge in [-0.25, -0.2) is 4.79 Å². The minimum absolute atomic E-state index is 0.149. The molecule has 0 unspecified atom stereocenters. The van der Waals surface area contributed by atoms with E-state index in [2.05, 4.69) is 28.6 Å². The lowest BCUT2D eigenvalue weighted by atomic mass is 10.1. The van der Waals surface area contributed by atoms with Crippen LogP contribution in [-0.4, -0.2) is 24.3 Å². The Kier molecular flexibility index (Phi) is 5.57. The van der Waals surface area contributed by atoms with E-state index in [-0.39, 0.29) is 12.8 Å². The van der Waals surface area contributed by atoms with Gasteiger partial charge in [0.05, 0.1) is 0 Å². The van der Waals surface area contributed by atoms with Gasteiger partial charge in [0.15, 0.2) is 6.73 Å². The van der Waals surface area contributed by atoms with E-state index in [0.29, 0.717) is 6.54 Å². The fraction of sp³-hybridized carbons (Fsp3) is 0.250. The third kappa shape index (κ3) is 4.32. The van der Waals surface area contributed by atoms with Gasteiger partial charge in [0.25, 0.3) is 0 Å². The van der Waals surface area contributed by atoms with Gasteiger partial charge in [0.1, 0.15) is 5.75 Å². The number of H-pyrrole nitrogens is 1. The van der Waals surface area contributed by atoms with Crippen LogP contribution >= 0.6 is 0 Å². The smallest absolute Gasteiger partial charge is 0.317 e. The molecule has 2 aromatic carbocycles. The molecule has 0 aliphatic rings. The topological polar surface area (TPSA) is 66.2 Å². The van der Waals surface area contributed by atoms with Gasteiger partial charge in [-0.05, 0) is 36.1 Å². The third-order valence-electron chi connectivity index (χ3n) is 4.17. The molecule has 0 atom stereocenters. The molecule has 0 saturated heterocycles. The molecular formula is C20H23N3O2. The first kappa shape index (κ1) is 16.9. The maximum atomic E-state index is 11.9. The van der Waals surface area contributed by atoms with Crippen molar-refractivity contribution in [2.24, 2.45) is 0 Å². The maximum absolute atomic E-state index is 11.9. The number of rotatable bonds is 7. The Morgan fingerprint density at radius 3 is 2.72 bits per heavy atom. The maximum Gasteiger partial charge on any atom is 0.317 e. The van der Waals surface area contributed by atoms with Crippen molar-refractivity contribution in [3.8, 4) is 5.75 Å². The molecule has 0 aliphatic carbocycles. The summed E-state index contributed by atoms with van der Waals surface area (Å²) in [5.74, 6) is 0.809. The largest absolute Gasteiger partial charge is 0.473 e. The summed E-state index contributed by atoms with van der Waals surface area (Å²) in [6.45, 7) is 2.79. The second kappa shape index (κ2) is 8.24. The zero-order chi connectivity index (χ0) is 17.5. The fourth-order valence-corrected chi connectivity index (χ4v) is 2.83. The van der Waals surface area contributed by atoms with Gasteiger partial charge in [-0.15, -0.1) is 0 Å². The highest BCUT2D eigenvalue weighted by molar-refractivity contribution is 5.83. The van der Waals surface area contributed by atoms with Crippen LogP contribution in [0.4, 0.5) is 4.79 Å². The predicted octanol–water partition coefficient (Wildman–Crippen LogP) is 3.61. The average Bonchev–Trinajstić information content (AvgIpc) is 3.05. The van der Waals surface area contributed by atoms with Gasteiger partial charge in [0, 0.05) is 23.6 Å². The van der Waals surface area contributed by atoms with Crippen molar-refractivity contribution >= 4 is 16.9 Å².